The summed E-state index contributed by atoms with van der Waals surface area (Å²) in [4.78, 5) is 0. The maximum absolute atomic E-state index is 9.06. The van der Waals surface area contributed by atoms with Crippen LogP contribution in [-0.4, -0.2) is 17.8 Å². The lowest BCUT2D eigenvalue weighted by molar-refractivity contribution is 0.209. The molecule has 94 valence electrons. The molecule has 0 spiro atoms. The Morgan fingerprint density at radius 1 is 1.50 bits per heavy atom. The molecular weight excluding hydrogens is 198 g/mol. The zero-order valence-electron chi connectivity index (χ0n) is 11.2. The fourth-order valence-corrected chi connectivity index (χ4v) is 2.49. The van der Waals surface area contributed by atoms with Crippen LogP contribution in [0.3, 0.4) is 0 Å². The van der Waals surface area contributed by atoms with Gasteiger partial charge in [-0.05, 0) is 36.5 Å². The number of rotatable bonds is 3. The largest absolute Gasteiger partial charge is 0.395 e. The van der Waals surface area contributed by atoms with Crippen LogP contribution in [0.5, 0.6) is 0 Å². The molecule has 0 aromatic carbocycles. The lowest BCUT2D eigenvalue weighted by Gasteiger charge is -2.35. The smallest absolute Gasteiger partial charge is 0.0588 e. The van der Waals surface area contributed by atoms with Crippen LogP contribution in [0, 0.1) is 17.3 Å². The topological polar surface area (TPSA) is 46.2 Å². The average molecular weight is 225 g/mol. The lowest BCUT2D eigenvalue weighted by atomic mass is 9.71. The van der Waals surface area contributed by atoms with Crippen LogP contribution in [0.4, 0.5) is 0 Å². The first-order chi connectivity index (χ1) is 7.36. The summed E-state index contributed by atoms with van der Waals surface area (Å²) >= 11 is 0. The minimum Gasteiger partial charge on any atom is -0.395 e. The number of hydrogen-bond donors (Lipinski definition) is 2. The summed E-state index contributed by atoms with van der Waals surface area (Å²) in [5.41, 5.74) is 7.73. The van der Waals surface area contributed by atoms with Gasteiger partial charge in [0.15, 0.2) is 0 Å². The minimum atomic E-state index is -0.0996. The maximum atomic E-state index is 9.06. The Labute approximate surface area is 99.9 Å². The third-order valence-corrected chi connectivity index (χ3v) is 4.11. The van der Waals surface area contributed by atoms with E-state index in [4.69, 9.17) is 10.8 Å². The van der Waals surface area contributed by atoms with Crippen molar-refractivity contribution >= 4 is 0 Å². The van der Waals surface area contributed by atoms with Gasteiger partial charge in [0.2, 0.25) is 0 Å². The van der Waals surface area contributed by atoms with E-state index in [0.29, 0.717) is 11.3 Å². The molecule has 0 radical (unpaired) electrons. The number of aliphatic hydroxyl groups excluding tert-OH is 1. The Morgan fingerprint density at radius 2 is 2.12 bits per heavy atom. The Bertz CT molecular complexity index is 252. The lowest BCUT2D eigenvalue weighted by Crippen LogP contribution is -2.34. The second kappa shape index (κ2) is 5.33. The quantitative estimate of drug-likeness (QED) is 0.725. The van der Waals surface area contributed by atoms with E-state index in [1.165, 1.54) is 18.4 Å². The molecule has 1 aliphatic rings. The molecule has 16 heavy (non-hydrogen) atoms. The molecular formula is C14H27NO. The van der Waals surface area contributed by atoms with E-state index >= 15 is 0 Å². The highest BCUT2D eigenvalue weighted by Crippen LogP contribution is 2.38. The van der Waals surface area contributed by atoms with E-state index < -0.39 is 0 Å². The molecule has 2 nitrogen and oxygen atoms in total. The third kappa shape index (κ3) is 3.33. The molecule has 0 aromatic heterocycles. The van der Waals surface area contributed by atoms with E-state index in [0.717, 1.165) is 12.3 Å². The van der Waals surface area contributed by atoms with Crippen molar-refractivity contribution in [1.82, 2.24) is 0 Å². The highest BCUT2D eigenvalue weighted by Gasteiger charge is 2.28. The van der Waals surface area contributed by atoms with Crippen LogP contribution in [0.1, 0.15) is 47.0 Å². The standard InChI is InChI=1S/C14H27NO/c1-10(13(15)9-16)11-5-7-12(8-6-11)14(2,3)4/h5,10,12-13,16H,6-9,15H2,1-4H3/t10-,12?,13+/m1/s1. The third-order valence-electron chi connectivity index (χ3n) is 4.11. The molecule has 0 saturated carbocycles. The van der Waals surface area contributed by atoms with Gasteiger partial charge in [-0.25, -0.2) is 0 Å². The summed E-state index contributed by atoms with van der Waals surface area (Å²) < 4.78 is 0. The predicted octanol–water partition coefficient (Wildman–Crippen LogP) is 2.71. The van der Waals surface area contributed by atoms with Crippen LogP contribution in [-0.2, 0) is 0 Å². The van der Waals surface area contributed by atoms with E-state index in [2.05, 4.69) is 33.8 Å². The van der Waals surface area contributed by atoms with Gasteiger partial charge in [0.1, 0.15) is 0 Å². The van der Waals surface area contributed by atoms with Gasteiger partial charge in [0.05, 0.1) is 6.61 Å². The van der Waals surface area contributed by atoms with Crippen molar-refractivity contribution in [2.45, 2.75) is 53.0 Å². The first-order valence-electron chi connectivity index (χ1n) is 6.41. The molecule has 3 atom stereocenters. The summed E-state index contributed by atoms with van der Waals surface area (Å²) in [5.74, 6) is 1.11. The van der Waals surface area contributed by atoms with Crippen LogP contribution in [0.2, 0.25) is 0 Å². The summed E-state index contributed by atoms with van der Waals surface area (Å²) in [6, 6.07) is -0.0996. The molecule has 1 unspecified atom stereocenters. The molecule has 2 heteroatoms. The zero-order valence-corrected chi connectivity index (χ0v) is 11.2. The predicted molar refractivity (Wildman–Crippen MR) is 69.1 cm³/mol. The highest BCUT2D eigenvalue weighted by molar-refractivity contribution is 5.12. The SMILES string of the molecule is C[C@H](C1=CCC(C(C)(C)C)CC1)[C@@H](N)CO. The monoisotopic (exact) mass is 225 g/mol. The van der Waals surface area contributed by atoms with Crippen LogP contribution >= 0.6 is 0 Å². The van der Waals surface area contributed by atoms with E-state index in [-0.39, 0.29) is 12.6 Å². The van der Waals surface area contributed by atoms with Crippen molar-refractivity contribution in [3.63, 3.8) is 0 Å². The van der Waals surface area contributed by atoms with Crippen molar-refractivity contribution < 1.29 is 5.11 Å². The summed E-state index contributed by atoms with van der Waals surface area (Å²) in [7, 11) is 0. The fourth-order valence-electron chi connectivity index (χ4n) is 2.49. The Kier molecular flexibility index (Phi) is 4.57. The van der Waals surface area contributed by atoms with E-state index in [9.17, 15) is 0 Å². The van der Waals surface area contributed by atoms with Crippen molar-refractivity contribution in [2.24, 2.45) is 23.0 Å². The molecule has 0 heterocycles. The molecule has 0 amide bonds. The fraction of sp³-hybridized carbons (Fsp3) is 0.857. The Hall–Kier alpha value is -0.340. The number of aliphatic hydroxyl groups is 1. The molecule has 1 aliphatic carbocycles. The van der Waals surface area contributed by atoms with Crippen LogP contribution in [0.25, 0.3) is 0 Å². The molecule has 1 rings (SSSR count). The second-order valence-electron chi connectivity index (χ2n) is 6.25. The first-order valence-corrected chi connectivity index (χ1v) is 6.41. The van der Waals surface area contributed by atoms with Gasteiger partial charge in [-0.2, -0.15) is 0 Å². The van der Waals surface area contributed by atoms with Gasteiger partial charge in [-0.3, -0.25) is 0 Å². The Balaban J connectivity index is 2.59. The second-order valence-corrected chi connectivity index (χ2v) is 6.25. The molecule has 0 saturated heterocycles. The highest BCUT2D eigenvalue weighted by atomic mass is 16.3. The maximum Gasteiger partial charge on any atom is 0.0588 e. The number of hydrogen-bond acceptors (Lipinski definition) is 2. The molecule has 0 bridgehead atoms. The van der Waals surface area contributed by atoms with Gasteiger partial charge in [0, 0.05) is 6.04 Å². The number of allylic oxidation sites excluding steroid dienone is 1. The van der Waals surface area contributed by atoms with Crippen molar-refractivity contribution in [3.8, 4) is 0 Å². The van der Waals surface area contributed by atoms with Gasteiger partial charge in [-0.15, -0.1) is 0 Å². The van der Waals surface area contributed by atoms with Gasteiger partial charge >= 0.3 is 0 Å². The molecule has 0 aliphatic heterocycles. The zero-order chi connectivity index (χ0) is 12.3. The summed E-state index contributed by atoms with van der Waals surface area (Å²) in [6.45, 7) is 9.17. The van der Waals surface area contributed by atoms with Crippen LogP contribution < -0.4 is 5.73 Å². The molecule has 3 N–H and O–H groups in total. The normalized spacial score (nSPS) is 26.1. The van der Waals surface area contributed by atoms with E-state index in [1.807, 2.05) is 0 Å². The van der Waals surface area contributed by atoms with Crippen LogP contribution in [0.15, 0.2) is 11.6 Å². The van der Waals surface area contributed by atoms with Gasteiger partial charge in [-0.1, -0.05) is 39.3 Å². The average Bonchev–Trinajstić information content (AvgIpc) is 2.26. The minimum absolute atomic E-state index is 0.0845. The van der Waals surface area contributed by atoms with E-state index in [1.54, 1.807) is 0 Å². The molecule has 0 aromatic rings. The van der Waals surface area contributed by atoms with Crippen molar-refractivity contribution in [2.75, 3.05) is 6.61 Å². The Morgan fingerprint density at radius 3 is 2.50 bits per heavy atom. The first kappa shape index (κ1) is 13.7. The van der Waals surface area contributed by atoms with Crippen molar-refractivity contribution in [3.05, 3.63) is 11.6 Å². The number of nitrogens with two attached hydrogens (primary N) is 1. The van der Waals surface area contributed by atoms with Gasteiger partial charge in [0.25, 0.3) is 0 Å². The van der Waals surface area contributed by atoms with Gasteiger partial charge < -0.3 is 10.8 Å². The van der Waals surface area contributed by atoms with Crippen molar-refractivity contribution in [1.29, 1.82) is 0 Å². The summed E-state index contributed by atoms with van der Waals surface area (Å²) in [5, 5.41) is 9.06. The summed E-state index contributed by atoms with van der Waals surface area (Å²) in [6.07, 6.45) is 5.94. The molecule has 0 fully saturated rings.